The number of nitrogens with zero attached hydrogens (tertiary/aromatic N) is 1. The van der Waals surface area contributed by atoms with Crippen LogP contribution in [0, 0.1) is 0 Å². The Labute approximate surface area is 117 Å². The van der Waals surface area contributed by atoms with Gasteiger partial charge in [-0.1, -0.05) is 30.7 Å². The minimum Gasteiger partial charge on any atom is -0.445 e. The molecular formula is C14H17ClN2O2. The van der Waals surface area contributed by atoms with Gasteiger partial charge in [0.25, 0.3) is 0 Å². The third-order valence-electron chi connectivity index (χ3n) is 2.54. The van der Waals surface area contributed by atoms with Gasteiger partial charge in [-0.15, -0.1) is 0 Å². The van der Waals surface area contributed by atoms with Crippen molar-refractivity contribution < 1.29 is 9.15 Å². The van der Waals surface area contributed by atoms with Gasteiger partial charge in [0.1, 0.15) is 12.9 Å². The minimum absolute atomic E-state index is 0.295. The Morgan fingerprint density at radius 2 is 2.11 bits per heavy atom. The van der Waals surface area contributed by atoms with E-state index >= 15 is 0 Å². The number of hydrogen-bond acceptors (Lipinski definition) is 4. The van der Waals surface area contributed by atoms with Crippen molar-refractivity contribution in [3.63, 3.8) is 0 Å². The summed E-state index contributed by atoms with van der Waals surface area (Å²) in [5.74, 6) is 0. The monoisotopic (exact) mass is 280 g/mol. The third-order valence-corrected chi connectivity index (χ3v) is 2.79. The molecule has 0 saturated heterocycles. The summed E-state index contributed by atoms with van der Waals surface area (Å²) in [6.07, 6.45) is 3.00. The Morgan fingerprint density at radius 1 is 1.32 bits per heavy atom. The molecule has 4 nitrogen and oxygen atoms in total. The van der Waals surface area contributed by atoms with Gasteiger partial charge in [-0.05, 0) is 30.7 Å². The van der Waals surface area contributed by atoms with Gasteiger partial charge in [-0.3, -0.25) is 0 Å². The molecule has 0 aliphatic rings. The molecule has 0 atom stereocenters. The highest BCUT2D eigenvalue weighted by atomic mass is 35.5. The van der Waals surface area contributed by atoms with Gasteiger partial charge in [-0.2, -0.15) is 4.98 Å². The normalized spacial score (nSPS) is 10.6. The predicted octanol–water partition coefficient (Wildman–Crippen LogP) is 3.41. The van der Waals surface area contributed by atoms with Crippen LogP contribution in [-0.2, 0) is 13.2 Å². The van der Waals surface area contributed by atoms with E-state index in [1.807, 2.05) is 24.3 Å². The van der Waals surface area contributed by atoms with E-state index in [4.69, 9.17) is 20.8 Å². The predicted molar refractivity (Wildman–Crippen MR) is 74.3 cm³/mol. The van der Waals surface area contributed by atoms with Gasteiger partial charge in [0.2, 0.25) is 0 Å². The van der Waals surface area contributed by atoms with Crippen LogP contribution < -0.4 is 10.1 Å². The second-order valence-electron chi connectivity index (χ2n) is 4.20. The minimum atomic E-state index is 0.295. The van der Waals surface area contributed by atoms with Crippen LogP contribution >= 0.6 is 11.6 Å². The highest BCUT2D eigenvalue weighted by Gasteiger charge is 2.05. The lowest BCUT2D eigenvalue weighted by Crippen LogP contribution is -2.13. The van der Waals surface area contributed by atoms with Gasteiger partial charge >= 0.3 is 6.08 Å². The van der Waals surface area contributed by atoms with Gasteiger partial charge in [0.05, 0.1) is 5.69 Å². The molecule has 0 bridgehead atoms. The fourth-order valence-corrected chi connectivity index (χ4v) is 1.68. The van der Waals surface area contributed by atoms with Crippen LogP contribution in [0.4, 0.5) is 0 Å². The second-order valence-corrected chi connectivity index (χ2v) is 4.63. The number of nitrogens with one attached hydrogen (secondary N) is 1. The standard InChI is InChI=1S/C14H17ClN2O2/c1-2-7-16-8-13-10-19-14(17-13)18-9-11-3-5-12(15)6-4-11/h3-6,10,16H,2,7-9H2,1H3. The molecule has 1 aromatic heterocycles. The Morgan fingerprint density at radius 3 is 2.84 bits per heavy atom. The molecule has 1 heterocycles. The molecule has 1 aromatic carbocycles. The van der Waals surface area contributed by atoms with Crippen LogP contribution in [0.25, 0.3) is 0 Å². The molecule has 0 saturated carbocycles. The lowest BCUT2D eigenvalue weighted by molar-refractivity contribution is 0.220. The summed E-state index contributed by atoms with van der Waals surface area (Å²) in [6, 6.07) is 7.48. The first kappa shape index (κ1) is 13.9. The van der Waals surface area contributed by atoms with E-state index in [1.165, 1.54) is 0 Å². The van der Waals surface area contributed by atoms with Crippen LogP contribution in [0.15, 0.2) is 34.9 Å². The highest BCUT2D eigenvalue weighted by Crippen LogP contribution is 2.14. The lowest BCUT2D eigenvalue weighted by atomic mass is 10.2. The Bertz CT molecular complexity index is 496. The molecular weight excluding hydrogens is 264 g/mol. The SMILES string of the molecule is CCCNCc1coc(OCc2ccc(Cl)cc2)n1. The molecule has 2 rings (SSSR count). The Hall–Kier alpha value is -1.52. The van der Waals surface area contributed by atoms with Crippen molar-refractivity contribution in [2.45, 2.75) is 26.5 Å². The summed E-state index contributed by atoms with van der Waals surface area (Å²) < 4.78 is 10.7. The van der Waals surface area contributed by atoms with Gasteiger partial charge in [-0.25, -0.2) is 0 Å². The van der Waals surface area contributed by atoms with Gasteiger partial charge < -0.3 is 14.5 Å². The smallest absolute Gasteiger partial charge is 0.394 e. The summed E-state index contributed by atoms with van der Waals surface area (Å²) in [7, 11) is 0. The van der Waals surface area contributed by atoms with E-state index in [1.54, 1.807) is 6.26 Å². The number of halogens is 1. The summed E-state index contributed by atoms with van der Waals surface area (Å²) in [6.45, 7) is 4.20. The van der Waals surface area contributed by atoms with Crippen molar-refractivity contribution in [1.29, 1.82) is 0 Å². The lowest BCUT2D eigenvalue weighted by Gasteiger charge is -2.01. The van der Waals surface area contributed by atoms with Crippen molar-refractivity contribution in [2.24, 2.45) is 0 Å². The molecule has 5 heteroatoms. The maximum absolute atomic E-state index is 5.81. The zero-order chi connectivity index (χ0) is 13.5. The fraction of sp³-hybridized carbons (Fsp3) is 0.357. The molecule has 19 heavy (non-hydrogen) atoms. The molecule has 0 fully saturated rings. The van der Waals surface area contributed by atoms with Crippen molar-refractivity contribution in [3.8, 4) is 6.08 Å². The van der Waals surface area contributed by atoms with E-state index in [0.29, 0.717) is 24.3 Å². The van der Waals surface area contributed by atoms with Crippen molar-refractivity contribution in [3.05, 3.63) is 46.8 Å². The van der Waals surface area contributed by atoms with Gasteiger partial charge in [0.15, 0.2) is 0 Å². The fourth-order valence-electron chi connectivity index (χ4n) is 1.55. The van der Waals surface area contributed by atoms with Crippen LogP contribution in [0.2, 0.25) is 5.02 Å². The van der Waals surface area contributed by atoms with E-state index in [-0.39, 0.29) is 0 Å². The largest absolute Gasteiger partial charge is 0.445 e. The van der Waals surface area contributed by atoms with E-state index in [2.05, 4.69) is 17.2 Å². The summed E-state index contributed by atoms with van der Waals surface area (Å²) in [5.41, 5.74) is 1.87. The molecule has 0 spiro atoms. The van der Waals surface area contributed by atoms with Crippen LogP contribution in [0.1, 0.15) is 24.6 Å². The molecule has 0 aliphatic carbocycles. The third kappa shape index (κ3) is 4.58. The maximum Gasteiger partial charge on any atom is 0.394 e. The number of aromatic nitrogens is 1. The molecule has 1 N–H and O–H groups in total. The second kappa shape index (κ2) is 7.16. The summed E-state index contributed by atoms with van der Waals surface area (Å²) in [4.78, 5) is 4.24. The topological polar surface area (TPSA) is 47.3 Å². The number of benzene rings is 1. The van der Waals surface area contributed by atoms with Crippen LogP contribution in [-0.4, -0.2) is 11.5 Å². The van der Waals surface area contributed by atoms with E-state index in [9.17, 15) is 0 Å². The Kier molecular flexibility index (Phi) is 5.24. The highest BCUT2D eigenvalue weighted by molar-refractivity contribution is 6.30. The van der Waals surface area contributed by atoms with Crippen molar-refractivity contribution in [2.75, 3.05) is 6.54 Å². The molecule has 0 amide bonds. The van der Waals surface area contributed by atoms with Gasteiger partial charge in [0, 0.05) is 11.6 Å². The zero-order valence-electron chi connectivity index (χ0n) is 10.9. The first-order valence-corrected chi connectivity index (χ1v) is 6.68. The van der Waals surface area contributed by atoms with E-state index in [0.717, 1.165) is 24.2 Å². The number of ether oxygens (including phenoxy) is 1. The number of rotatable bonds is 7. The van der Waals surface area contributed by atoms with Crippen molar-refractivity contribution >= 4 is 11.6 Å². The zero-order valence-corrected chi connectivity index (χ0v) is 11.6. The Balaban J connectivity index is 1.81. The molecule has 102 valence electrons. The first-order chi connectivity index (χ1) is 9.28. The molecule has 2 aromatic rings. The summed E-state index contributed by atoms with van der Waals surface area (Å²) >= 11 is 5.81. The van der Waals surface area contributed by atoms with E-state index < -0.39 is 0 Å². The summed E-state index contributed by atoms with van der Waals surface area (Å²) in [5, 5.41) is 3.96. The maximum atomic E-state index is 5.81. The molecule has 0 aliphatic heterocycles. The molecule has 0 radical (unpaired) electrons. The molecule has 0 unspecified atom stereocenters. The number of hydrogen-bond donors (Lipinski definition) is 1. The average Bonchev–Trinajstić information content (AvgIpc) is 2.86. The first-order valence-electron chi connectivity index (χ1n) is 6.30. The number of oxazole rings is 1. The van der Waals surface area contributed by atoms with Crippen LogP contribution in [0.5, 0.6) is 6.08 Å². The average molecular weight is 281 g/mol. The van der Waals surface area contributed by atoms with Crippen molar-refractivity contribution in [1.82, 2.24) is 10.3 Å². The quantitative estimate of drug-likeness (QED) is 0.790. The van der Waals surface area contributed by atoms with Crippen LogP contribution in [0.3, 0.4) is 0 Å².